The standard InChI is InChI=1S/C5H8ClNO/c6-2-1-5(3-7)4-8/h5,8H,1-2,4H2. The third-order valence-electron chi connectivity index (χ3n) is 0.861. The van der Waals surface area contributed by atoms with Gasteiger partial charge in [0.25, 0.3) is 0 Å². The second-order valence-electron chi connectivity index (χ2n) is 1.49. The summed E-state index contributed by atoms with van der Waals surface area (Å²) < 4.78 is 0. The SMILES string of the molecule is N#CC(CO)CCCl. The van der Waals surface area contributed by atoms with Gasteiger partial charge in [-0.15, -0.1) is 11.6 Å². The smallest absolute Gasteiger partial charge is 0.0705 e. The van der Waals surface area contributed by atoms with Gasteiger partial charge in [-0.25, -0.2) is 0 Å². The highest BCUT2D eigenvalue weighted by atomic mass is 35.5. The predicted molar refractivity (Wildman–Crippen MR) is 31.5 cm³/mol. The fourth-order valence-corrected chi connectivity index (χ4v) is 0.592. The Morgan fingerprint density at radius 2 is 2.38 bits per heavy atom. The molecule has 0 saturated carbocycles. The summed E-state index contributed by atoms with van der Waals surface area (Å²) in [5.41, 5.74) is 0. The van der Waals surface area contributed by atoms with Crippen molar-refractivity contribution in [2.75, 3.05) is 12.5 Å². The van der Waals surface area contributed by atoms with E-state index in [0.29, 0.717) is 12.3 Å². The highest BCUT2D eigenvalue weighted by Crippen LogP contribution is 1.99. The number of aliphatic hydroxyl groups is 1. The van der Waals surface area contributed by atoms with Gasteiger partial charge in [-0.2, -0.15) is 5.26 Å². The average molecular weight is 134 g/mol. The number of hydrogen-bond acceptors (Lipinski definition) is 2. The van der Waals surface area contributed by atoms with Gasteiger partial charge in [0.2, 0.25) is 0 Å². The molecule has 0 aliphatic heterocycles. The van der Waals surface area contributed by atoms with Crippen molar-refractivity contribution < 1.29 is 5.11 Å². The lowest BCUT2D eigenvalue weighted by Crippen LogP contribution is -2.02. The number of aliphatic hydroxyl groups excluding tert-OH is 1. The molecular formula is C5H8ClNO. The first-order valence-electron chi connectivity index (χ1n) is 2.41. The molecule has 1 unspecified atom stereocenters. The summed E-state index contributed by atoms with van der Waals surface area (Å²) in [4.78, 5) is 0. The molecule has 0 radical (unpaired) electrons. The molecule has 0 saturated heterocycles. The van der Waals surface area contributed by atoms with E-state index in [1.807, 2.05) is 6.07 Å². The van der Waals surface area contributed by atoms with E-state index in [2.05, 4.69) is 0 Å². The molecule has 1 atom stereocenters. The van der Waals surface area contributed by atoms with Gasteiger partial charge in [-0.3, -0.25) is 0 Å². The molecule has 1 N–H and O–H groups in total. The minimum Gasteiger partial charge on any atom is -0.395 e. The van der Waals surface area contributed by atoms with Gasteiger partial charge >= 0.3 is 0 Å². The van der Waals surface area contributed by atoms with Crippen molar-refractivity contribution >= 4 is 11.6 Å². The summed E-state index contributed by atoms with van der Waals surface area (Å²) in [5.74, 6) is 0.172. The molecule has 0 aromatic heterocycles. The highest BCUT2D eigenvalue weighted by Gasteiger charge is 2.01. The summed E-state index contributed by atoms with van der Waals surface area (Å²) in [5, 5.41) is 16.6. The van der Waals surface area contributed by atoms with Crippen LogP contribution in [0.3, 0.4) is 0 Å². The number of rotatable bonds is 3. The summed E-state index contributed by atoms with van der Waals surface area (Å²) in [7, 11) is 0. The number of halogens is 1. The monoisotopic (exact) mass is 133 g/mol. The zero-order chi connectivity index (χ0) is 6.41. The lowest BCUT2D eigenvalue weighted by atomic mass is 10.1. The first kappa shape index (κ1) is 7.74. The van der Waals surface area contributed by atoms with E-state index in [9.17, 15) is 0 Å². The second-order valence-corrected chi connectivity index (χ2v) is 1.86. The van der Waals surface area contributed by atoms with Gasteiger partial charge in [0.1, 0.15) is 0 Å². The van der Waals surface area contributed by atoms with Gasteiger partial charge < -0.3 is 5.11 Å². The van der Waals surface area contributed by atoms with Crippen LogP contribution in [0.15, 0.2) is 0 Å². The summed E-state index contributed by atoms with van der Waals surface area (Å²) in [6.07, 6.45) is 0.578. The maximum absolute atomic E-state index is 8.38. The Balaban J connectivity index is 3.26. The molecule has 0 fully saturated rings. The van der Waals surface area contributed by atoms with Crippen LogP contribution in [0.5, 0.6) is 0 Å². The molecule has 0 amide bonds. The van der Waals surface area contributed by atoms with E-state index in [-0.39, 0.29) is 12.5 Å². The van der Waals surface area contributed by atoms with Gasteiger partial charge in [-0.1, -0.05) is 0 Å². The zero-order valence-corrected chi connectivity index (χ0v) is 5.23. The third-order valence-corrected chi connectivity index (χ3v) is 1.08. The van der Waals surface area contributed by atoms with Crippen LogP contribution in [0.1, 0.15) is 6.42 Å². The highest BCUT2D eigenvalue weighted by molar-refractivity contribution is 6.17. The molecule has 2 nitrogen and oxygen atoms in total. The molecule has 0 heterocycles. The molecular weight excluding hydrogens is 126 g/mol. The van der Waals surface area contributed by atoms with Crippen LogP contribution < -0.4 is 0 Å². The summed E-state index contributed by atoms with van der Waals surface area (Å²) in [6.45, 7) is -0.0801. The van der Waals surface area contributed by atoms with Crippen LogP contribution in [0, 0.1) is 17.2 Å². The molecule has 0 bridgehead atoms. The quantitative estimate of drug-likeness (QED) is 0.578. The molecule has 46 valence electrons. The van der Waals surface area contributed by atoms with Crippen molar-refractivity contribution in [1.82, 2.24) is 0 Å². The number of alkyl halides is 1. The minimum atomic E-state index is -0.271. The lowest BCUT2D eigenvalue weighted by Gasteiger charge is -1.97. The fourth-order valence-electron chi connectivity index (χ4n) is 0.328. The van der Waals surface area contributed by atoms with E-state index in [1.54, 1.807) is 0 Å². The molecule has 0 aliphatic rings. The Labute approximate surface area is 53.7 Å². The Morgan fingerprint density at radius 3 is 2.50 bits per heavy atom. The Morgan fingerprint density at radius 1 is 1.75 bits per heavy atom. The normalized spacial score (nSPS) is 12.6. The zero-order valence-electron chi connectivity index (χ0n) is 4.47. The molecule has 0 rings (SSSR count). The first-order valence-corrected chi connectivity index (χ1v) is 2.95. The van der Waals surface area contributed by atoms with E-state index in [4.69, 9.17) is 22.0 Å². The first-order chi connectivity index (χ1) is 3.85. The van der Waals surface area contributed by atoms with Crippen molar-refractivity contribution in [3.63, 3.8) is 0 Å². The van der Waals surface area contributed by atoms with Crippen LogP contribution in [0.2, 0.25) is 0 Å². The van der Waals surface area contributed by atoms with Crippen molar-refractivity contribution in [3.05, 3.63) is 0 Å². The molecule has 0 aromatic carbocycles. The van der Waals surface area contributed by atoms with E-state index < -0.39 is 0 Å². The maximum atomic E-state index is 8.38. The fraction of sp³-hybridized carbons (Fsp3) is 0.800. The summed E-state index contributed by atoms with van der Waals surface area (Å²) in [6, 6.07) is 1.92. The second kappa shape index (κ2) is 4.89. The van der Waals surface area contributed by atoms with E-state index in [1.165, 1.54) is 0 Å². The van der Waals surface area contributed by atoms with Crippen molar-refractivity contribution in [2.24, 2.45) is 5.92 Å². The lowest BCUT2D eigenvalue weighted by molar-refractivity contribution is 0.254. The Hall–Kier alpha value is -0.260. The average Bonchev–Trinajstić information content (AvgIpc) is 1.83. The molecule has 0 aromatic rings. The summed E-state index contributed by atoms with van der Waals surface area (Å²) >= 11 is 5.29. The van der Waals surface area contributed by atoms with Gasteiger partial charge in [-0.05, 0) is 6.42 Å². The van der Waals surface area contributed by atoms with Crippen LogP contribution in [-0.2, 0) is 0 Å². The maximum Gasteiger partial charge on any atom is 0.0705 e. The Kier molecular flexibility index (Phi) is 4.73. The van der Waals surface area contributed by atoms with Crippen LogP contribution in [0.4, 0.5) is 0 Å². The van der Waals surface area contributed by atoms with Crippen molar-refractivity contribution in [1.29, 1.82) is 5.26 Å². The molecule has 0 aliphatic carbocycles. The van der Waals surface area contributed by atoms with Gasteiger partial charge in [0.15, 0.2) is 0 Å². The Bertz CT molecular complexity index is 88.9. The van der Waals surface area contributed by atoms with Gasteiger partial charge in [0, 0.05) is 5.88 Å². The van der Waals surface area contributed by atoms with Crippen molar-refractivity contribution in [2.45, 2.75) is 6.42 Å². The predicted octanol–water partition coefficient (Wildman–Crippen LogP) is 0.747. The minimum absolute atomic E-state index is 0.0801. The number of nitriles is 1. The van der Waals surface area contributed by atoms with Crippen LogP contribution >= 0.6 is 11.6 Å². The van der Waals surface area contributed by atoms with Crippen molar-refractivity contribution in [3.8, 4) is 6.07 Å². The van der Waals surface area contributed by atoms with E-state index in [0.717, 1.165) is 0 Å². The topological polar surface area (TPSA) is 44.0 Å². The van der Waals surface area contributed by atoms with Crippen LogP contribution in [0.25, 0.3) is 0 Å². The molecule has 3 heteroatoms. The largest absolute Gasteiger partial charge is 0.395 e. The van der Waals surface area contributed by atoms with Crippen LogP contribution in [-0.4, -0.2) is 17.6 Å². The number of hydrogen-bond donors (Lipinski definition) is 1. The third kappa shape index (κ3) is 2.84. The molecule has 0 spiro atoms. The van der Waals surface area contributed by atoms with E-state index >= 15 is 0 Å². The molecule has 8 heavy (non-hydrogen) atoms. The van der Waals surface area contributed by atoms with Gasteiger partial charge in [0.05, 0.1) is 18.6 Å². The number of nitrogens with zero attached hydrogens (tertiary/aromatic N) is 1.